The third-order valence-electron chi connectivity index (χ3n) is 4.08. The van der Waals surface area contributed by atoms with Crippen LogP contribution in [0, 0.1) is 5.82 Å². The molecule has 0 atom stereocenters. The van der Waals surface area contributed by atoms with Crippen molar-refractivity contribution in [2.24, 2.45) is 5.10 Å². The fraction of sp³-hybridized carbons (Fsp3) is 0.353. The van der Waals surface area contributed by atoms with Crippen LogP contribution in [0.15, 0.2) is 39.0 Å². The molecule has 2 N–H and O–H groups in total. The molecular formula is C17H19FN4O4. The van der Waals surface area contributed by atoms with Crippen molar-refractivity contribution in [3.05, 3.63) is 62.0 Å². The first kappa shape index (κ1) is 17.9. The Morgan fingerprint density at radius 1 is 1.23 bits per heavy atom. The summed E-state index contributed by atoms with van der Waals surface area (Å²) in [6.45, 7) is 2.37. The summed E-state index contributed by atoms with van der Waals surface area (Å²) >= 11 is 0. The molecule has 26 heavy (non-hydrogen) atoms. The Bertz CT molecular complexity index is 898. The molecule has 138 valence electrons. The van der Waals surface area contributed by atoms with Gasteiger partial charge in [-0.1, -0.05) is 12.1 Å². The van der Waals surface area contributed by atoms with Crippen LogP contribution in [-0.4, -0.2) is 52.2 Å². The summed E-state index contributed by atoms with van der Waals surface area (Å²) in [7, 11) is 0. The molecule has 0 spiro atoms. The molecule has 3 rings (SSSR count). The number of aromatic amines is 1. The van der Waals surface area contributed by atoms with Gasteiger partial charge in [-0.3, -0.25) is 19.4 Å². The van der Waals surface area contributed by atoms with Crippen LogP contribution in [0.25, 0.3) is 0 Å². The zero-order valence-electron chi connectivity index (χ0n) is 14.0. The predicted octanol–water partition coefficient (Wildman–Crippen LogP) is 0.290. The number of hydrazone groups is 1. The SMILES string of the molecule is O=c1[nH]c(=O)n(CCc2ccc(F)cc2)c(O)c1C=NN1CCOCC1. The van der Waals surface area contributed by atoms with E-state index < -0.39 is 17.1 Å². The molecule has 1 saturated heterocycles. The van der Waals surface area contributed by atoms with Crippen LogP contribution < -0.4 is 11.2 Å². The van der Waals surface area contributed by atoms with E-state index in [-0.39, 0.29) is 17.9 Å². The molecular weight excluding hydrogens is 343 g/mol. The number of aromatic hydroxyl groups is 1. The number of H-pyrrole nitrogens is 1. The predicted molar refractivity (Wildman–Crippen MR) is 93.1 cm³/mol. The molecule has 0 aliphatic carbocycles. The molecule has 2 aromatic rings. The summed E-state index contributed by atoms with van der Waals surface area (Å²) in [5.41, 5.74) is -0.705. The van der Waals surface area contributed by atoms with Crippen molar-refractivity contribution in [3.8, 4) is 5.88 Å². The van der Waals surface area contributed by atoms with Gasteiger partial charge in [0.25, 0.3) is 5.56 Å². The van der Waals surface area contributed by atoms with Gasteiger partial charge < -0.3 is 9.84 Å². The molecule has 0 saturated carbocycles. The van der Waals surface area contributed by atoms with Gasteiger partial charge in [0.05, 0.1) is 32.5 Å². The molecule has 0 unspecified atom stereocenters. The van der Waals surface area contributed by atoms with Gasteiger partial charge in [-0.05, 0) is 24.1 Å². The van der Waals surface area contributed by atoms with Crippen LogP contribution >= 0.6 is 0 Å². The number of hydrogen-bond donors (Lipinski definition) is 2. The highest BCUT2D eigenvalue weighted by atomic mass is 19.1. The van der Waals surface area contributed by atoms with E-state index >= 15 is 0 Å². The second kappa shape index (κ2) is 7.96. The largest absolute Gasteiger partial charge is 0.494 e. The maximum Gasteiger partial charge on any atom is 0.331 e. The summed E-state index contributed by atoms with van der Waals surface area (Å²) in [5.74, 6) is -0.794. The number of halogens is 1. The number of nitrogens with one attached hydrogen (secondary N) is 1. The van der Waals surface area contributed by atoms with Crippen molar-refractivity contribution in [2.45, 2.75) is 13.0 Å². The third-order valence-corrected chi connectivity index (χ3v) is 4.08. The lowest BCUT2D eigenvalue weighted by atomic mass is 10.1. The minimum absolute atomic E-state index is 0.0878. The van der Waals surface area contributed by atoms with E-state index in [0.717, 1.165) is 10.1 Å². The van der Waals surface area contributed by atoms with E-state index in [1.54, 1.807) is 17.1 Å². The number of aryl methyl sites for hydroxylation is 1. The van der Waals surface area contributed by atoms with E-state index in [2.05, 4.69) is 10.1 Å². The fourth-order valence-electron chi connectivity index (χ4n) is 2.60. The molecule has 0 radical (unpaired) electrons. The lowest BCUT2D eigenvalue weighted by molar-refractivity contribution is 0.0396. The highest BCUT2D eigenvalue weighted by Gasteiger charge is 2.14. The number of rotatable bonds is 5. The van der Waals surface area contributed by atoms with Crippen molar-refractivity contribution >= 4 is 6.21 Å². The summed E-state index contributed by atoms with van der Waals surface area (Å²) in [6.07, 6.45) is 1.63. The number of morpholine rings is 1. The van der Waals surface area contributed by atoms with Gasteiger partial charge in [-0.15, -0.1) is 0 Å². The Hall–Kier alpha value is -2.94. The topological polar surface area (TPSA) is 99.9 Å². The van der Waals surface area contributed by atoms with Crippen molar-refractivity contribution in [2.75, 3.05) is 26.3 Å². The first-order valence-electron chi connectivity index (χ1n) is 8.22. The number of aromatic nitrogens is 2. The van der Waals surface area contributed by atoms with Gasteiger partial charge in [-0.25, -0.2) is 9.18 Å². The zero-order valence-corrected chi connectivity index (χ0v) is 14.0. The number of nitrogens with zero attached hydrogens (tertiary/aromatic N) is 3. The van der Waals surface area contributed by atoms with Gasteiger partial charge in [-0.2, -0.15) is 5.10 Å². The summed E-state index contributed by atoms with van der Waals surface area (Å²) in [5, 5.41) is 16.2. The van der Waals surface area contributed by atoms with E-state index in [9.17, 15) is 19.1 Å². The number of benzene rings is 1. The van der Waals surface area contributed by atoms with Gasteiger partial charge in [0.2, 0.25) is 5.88 Å². The van der Waals surface area contributed by atoms with Crippen LogP contribution in [0.1, 0.15) is 11.1 Å². The average molecular weight is 362 g/mol. The quantitative estimate of drug-likeness (QED) is 0.745. The van der Waals surface area contributed by atoms with Crippen LogP contribution in [0.3, 0.4) is 0 Å². The zero-order chi connectivity index (χ0) is 18.5. The molecule has 1 aliphatic heterocycles. The van der Waals surface area contributed by atoms with Crippen LogP contribution in [0.2, 0.25) is 0 Å². The molecule has 1 fully saturated rings. The minimum atomic E-state index is -0.710. The van der Waals surface area contributed by atoms with E-state index in [0.29, 0.717) is 32.7 Å². The normalized spacial score (nSPS) is 14.9. The minimum Gasteiger partial charge on any atom is -0.494 e. The van der Waals surface area contributed by atoms with E-state index in [1.807, 2.05) is 0 Å². The summed E-state index contributed by atoms with van der Waals surface area (Å²) < 4.78 is 19.2. The Balaban J connectivity index is 1.81. The van der Waals surface area contributed by atoms with E-state index in [4.69, 9.17) is 4.74 Å². The van der Waals surface area contributed by atoms with Gasteiger partial charge in [0.15, 0.2) is 0 Å². The molecule has 1 aromatic heterocycles. The molecule has 9 heteroatoms. The maximum atomic E-state index is 13.0. The van der Waals surface area contributed by atoms with Crippen molar-refractivity contribution in [3.63, 3.8) is 0 Å². The lowest BCUT2D eigenvalue weighted by Gasteiger charge is -2.23. The van der Waals surface area contributed by atoms with Crippen molar-refractivity contribution in [1.82, 2.24) is 14.6 Å². The molecule has 0 bridgehead atoms. The Morgan fingerprint density at radius 3 is 2.62 bits per heavy atom. The van der Waals surface area contributed by atoms with E-state index in [1.165, 1.54) is 18.3 Å². The van der Waals surface area contributed by atoms with Crippen molar-refractivity contribution < 1.29 is 14.2 Å². The van der Waals surface area contributed by atoms with Gasteiger partial charge in [0, 0.05) is 6.54 Å². The van der Waals surface area contributed by atoms with Crippen LogP contribution in [0.5, 0.6) is 5.88 Å². The second-order valence-corrected chi connectivity index (χ2v) is 5.84. The van der Waals surface area contributed by atoms with Crippen LogP contribution in [-0.2, 0) is 17.7 Å². The first-order valence-corrected chi connectivity index (χ1v) is 8.22. The highest BCUT2D eigenvalue weighted by molar-refractivity contribution is 5.81. The van der Waals surface area contributed by atoms with Crippen LogP contribution in [0.4, 0.5) is 4.39 Å². The Kier molecular flexibility index (Phi) is 5.47. The first-order chi connectivity index (χ1) is 12.5. The lowest BCUT2D eigenvalue weighted by Crippen LogP contribution is -2.34. The highest BCUT2D eigenvalue weighted by Crippen LogP contribution is 2.11. The Labute approximate surface area is 148 Å². The summed E-state index contributed by atoms with van der Waals surface area (Å²) in [4.78, 5) is 26.2. The molecule has 1 aliphatic rings. The smallest absolute Gasteiger partial charge is 0.331 e. The molecule has 1 aromatic carbocycles. The maximum absolute atomic E-state index is 13.0. The molecule has 8 nitrogen and oxygen atoms in total. The number of ether oxygens (including phenoxy) is 1. The number of hydrogen-bond acceptors (Lipinski definition) is 6. The molecule has 0 amide bonds. The fourth-order valence-corrected chi connectivity index (χ4v) is 2.60. The standard InChI is InChI=1S/C17H19FN4O4/c18-13-3-1-12(2-4-13)5-6-22-16(24)14(15(23)20-17(22)25)11-19-21-7-9-26-10-8-21/h1-4,11,24H,5-10H2,(H,20,23,25). The van der Waals surface area contributed by atoms with Gasteiger partial charge >= 0.3 is 5.69 Å². The van der Waals surface area contributed by atoms with Crippen molar-refractivity contribution in [1.29, 1.82) is 0 Å². The monoisotopic (exact) mass is 362 g/mol. The summed E-state index contributed by atoms with van der Waals surface area (Å²) in [6, 6.07) is 5.85. The third kappa shape index (κ3) is 4.17. The second-order valence-electron chi connectivity index (χ2n) is 5.84. The van der Waals surface area contributed by atoms with Gasteiger partial charge in [0.1, 0.15) is 11.4 Å². The Morgan fingerprint density at radius 2 is 1.92 bits per heavy atom. The molecule has 2 heterocycles. The average Bonchev–Trinajstić information content (AvgIpc) is 2.63.